The van der Waals surface area contributed by atoms with E-state index in [0.717, 1.165) is 36.3 Å². The van der Waals surface area contributed by atoms with Gasteiger partial charge in [0.25, 0.3) is 5.91 Å². The van der Waals surface area contributed by atoms with Gasteiger partial charge in [-0.3, -0.25) is 4.79 Å². The first kappa shape index (κ1) is 20.0. The number of likely N-dealkylation sites (tertiary alicyclic amines) is 1. The molecule has 2 aromatic carbocycles. The highest BCUT2D eigenvalue weighted by Crippen LogP contribution is 2.30. The molecule has 4 rings (SSSR count). The van der Waals surface area contributed by atoms with E-state index in [0.29, 0.717) is 18.4 Å². The summed E-state index contributed by atoms with van der Waals surface area (Å²) in [6.07, 6.45) is 2.31. The Bertz CT molecular complexity index is 977. The first-order chi connectivity index (χ1) is 14.0. The van der Waals surface area contributed by atoms with Gasteiger partial charge in [-0.05, 0) is 48.9 Å². The van der Waals surface area contributed by atoms with Crippen LogP contribution in [0.1, 0.15) is 54.7 Å². The van der Waals surface area contributed by atoms with Gasteiger partial charge in [-0.2, -0.15) is 0 Å². The minimum atomic E-state index is 0.112. The Morgan fingerprint density at radius 3 is 2.86 bits per heavy atom. The number of carbonyl (C=O) groups is 1. The minimum absolute atomic E-state index is 0.112. The first-order valence-electron chi connectivity index (χ1n) is 10.6. The van der Waals surface area contributed by atoms with Gasteiger partial charge in [-0.1, -0.05) is 44.2 Å². The quantitative estimate of drug-likeness (QED) is 0.667. The number of rotatable bonds is 5. The number of benzene rings is 2. The van der Waals surface area contributed by atoms with Crippen LogP contribution in [0.25, 0.3) is 10.2 Å². The number of carbonyl (C=O) groups excluding carboxylic acids is 1. The predicted octanol–water partition coefficient (Wildman–Crippen LogP) is 4.13. The zero-order valence-electron chi connectivity index (χ0n) is 17.5. The topological polar surface area (TPSA) is 46.4 Å². The number of anilines is 1. The van der Waals surface area contributed by atoms with Gasteiger partial charge in [0.05, 0.1) is 29.2 Å². The number of fused-ring (bicyclic) bond motifs is 1. The van der Waals surface area contributed by atoms with E-state index in [1.807, 2.05) is 17.4 Å². The Hall–Kier alpha value is -2.24. The van der Waals surface area contributed by atoms with Crippen LogP contribution in [-0.2, 0) is 4.79 Å². The molecule has 2 atom stereocenters. The molecule has 1 aliphatic heterocycles. The van der Waals surface area contributed by atoms with E-state index in [1.54, 1.807) is 0 Å². The number of thiazole rings is 1. The lowest BCUT2D eigenvalue weighted by Gasteiger charge is -2.28. The lowest BCUT2D eigenvalue weighted by atomic mass is 9.98. The molecular weight excluding hydrogens is 378 g/mol. The van der Waals surface area contributed by atoms with Crippen molar-refractivity contribution < 1.29 is 9.69 Å². The van der Waals surface area contributed by atoms with Crippen LogP contribution >= 0.6 is 11.3 Å². The molecule has 0 spiro atoms. The summed E-state index contributed by atoms with van der Waals surface area (Å²) in [5, 5.41) is 4.44. The second-order valence-corrected chi connectivity index (χ2v) is 9.54. The maximum Gasteiger partial charge on any atom is 0.279 e. The number of para-hydroxylation sites is 2. The number of nitrogens with one attached hydrogen (secondary N) is 2. The maximum absolute atomic E-state index is 12.8. The molecule has 2 N–H and O–H groups in total. The van der Waals surface area contributed by atoms with Crippen LogP contribution in [-0.4, -0.2) is 30.5 Å². The number of piperidine rings is 1. The van der Waals surface area contributed by atoms with Crippen molar-refractivity contribution in [3.63, 3.8) is 0 Å². The van der Waals surface area contributed by atoms with E-state index in [4.69, 9.17) is 4.98 Å². The van der Waals surface area contributed by atoms with E-state index < -0.39 is 0 Å². The molecule has 0 aliphatic carbocycles. The molecule has 2 heterocycles. The van der Waals surface area contributed by atoms with Gasteiger partial charge in [0.2, 0.25) is 0 Å². The number of hydrogen-bond acceptors (Lipinski definition) is 3. The number of nitrogens with zero attached hydrogens (tertiary/aromatic N) is 1. The average Bonchev–Trinajstić information content (AvgIpc) is 3.14. The fourth-order valence-electron chi connectivity index (χ4n) is 4.34. The first-order valence-corrected chi connectivity index (χ1v) is 11.4. The van der Waals surface area contributed by atoms with E-state index >= 15 is 0 Å². The van der Waals surface area contributed by atoms with E-state index in [9.17, 15) is 4.79 Å². The fourth-order valence-corrected chi connectivity index (χ4v) is 5.44. The maximum atomic E-state index is 12.8. The highest BCUT2D eigenvalue weighted by Gasteiger charge is 2.28. The van der Waals surface area contributed by atoms with Crippen LogP contribution in [0.15, 0.2) is 42.5 Å². The van der Waals surface area contributed by atoms with E-state index in [2.05, 4.69) is 62.5 Å². The second-order valence-electron chi connectivity index (χ2n) is 8.48. The Labute approximate surface area is 177 Å². The molecule has 1 aromatic heterocycles. The third-order valence-corrected chi connectivity index (χ3v) is 7.08. The van der Waals surface area contributed by atoms with Crippen molar-refractivity contribution in [3.05, 3.63) is 58.6 Å². The molecule has 5 heteroatoms. The van der Waals surface area contributed by atoms with Crippen LogP contribution in [0.2, 0.25) is 0 Å². The normalized spacial score (nSPS) is 19.6. The fraction of sp³-hybridized carbons (Fsp3) is 0.417. The molecule has 1 unspecified atom stereocenters. The van der Waals surface area contributed by atoms with Crippen LogP contribution < -0.4 is 10.2 Å². The van der Waals surface area contributed by atoms with E-state index in [1.165, 1.54) is 26.6 Å². The largest absolute Gasteiger partial charge is 0.327 e. The third kappa shape index (κ3) is 4.51. The van der Waals surface area contributed by atoms with Crippen LogP contribution in [0.4, 0.5) is 5.69 Å². The number of aryl methyl sites for hydroxylation is 1. The van der Waals surface area contributed by atoms with E-state index in [-0.39, 0.29) is 5.91 Å². The lowest BCUT2D eigenvalue weighted by molar-refractivity contribution is -0.898. The molecule has 0 radical (unpaired) electrons. The van der Waals surface area contributed by atoms with Crippen molar-refractivity contribution in [1.29, 1.82) is 0 Å². The standard InChI is InChI=1S/C24H29N3OS/c1-16(2)19-10-6-8-17(3)23(19)26-22(28)15-27-13-7-9-18(14-27)24-25-20-11-4-5-12-21(20)29-24/h4-6,8,10-12,16,18H,7,9,13-15H2,1-3H3,(H,26,28)/p+1/t18-/m0/s1. The minimum Gasteiger partial charge on any atom is -0.327 e. The van der Waals surface area contributed by atoms with Gasteiger partial charge in [0, 0.05) is 5.69 Å². The van der Waals surface area contributed by atoms with Crippen molar-refractivity contribution in [2.24, 2.45) is 0 Å². The smallest absolute Gasteiger partial charge is 0.279 e. The summed E-state index contributed by atoms with van der Waals surface area (Å²) in [5.74, 6) is 0.950. The average molecular weight is 409 g/mol. The molecule has 0 saturated carbocycles. The predicted molar refractivity (Wildman–Crippen MR) is 121 cm³/mol. The van der Waals surface area contributed by atoms with Gasteiger partial charge in [0.1, 0.15) is 5.01 Å². The van der Waals surface area contributed by atoms with Crippen molar-refractivity contribution >= 4 is 33.1 Å². The number of quaternary nitrogens is 1. The summed E-state index contributed by atoms with van der Waals surface area (Å²) in [6, 6.07) is 14.6. The van der Waals surface area contributed by atoms with Gasteiger partial charge in [-0.15, -0.1) is 11.3 Å². The summed E-state index contributed by atoms with van der Waals surface area (Å²) in [5.41, 5.74) is 4.43. The molecular formula is C24H30N3OS+. The van der Waals surface area contributed by atoms with Crippen molar-refractivity contribution in [2.45, 2.75) is 45.4 Å². The van der Waals surface area contributed by atoms with Gasteiger partial charge in [0.15, 0.2) is 6.54 Å². The highest BCUT2D eigenvalue weighted by atomic mass is 32.1. The summed E-state index contributed by atoms with van der Waals surface area (Å²) >= 11 is 1.81. The molecule has 4 nitrogen and oxygen atoms in total. The van der Waals surface area contributed by atoms with Gasteiger partial charge in [-0.25, -0.2) is 4.98 Å². The number of hydrogen-bond donors (Lipinski definition) is 2. The van der Waals surface area contributed by atoms with Crippen molar-refractivity contribution in [3.8, 4) is 0 Å². The summed E-state index contributed by atoms with van der Waals surface area (Å²) < 4.78 is 1.26. The molecule has 152 valence electrons. The monoisotopic (exact) mass is 408 g/mol. The van der Waals surface area contributed by atoms with Crippen LogP contribution in [0.5, 0.6) is 0 Å². The number of amides is 1. The zero-order valence-corrected chi connectivity index (χ0v) is 18.3. The summed E-state index contributed by atoms with van der Waals surface area (Å²) in [4.78, 5) is 19.1. The Balaban J connectivity index is 1.42. The molecule has 1 saturated heterocycles. The van der Waals surface area contributed by atoms with Crippen molar-refractivity contribution in [1.82, 2.24) is 4.98 Å². The zero-order chi connectivity index (χ0) is 20.4. The van der Waals surface area contributed by atoms with Crippen LogP contribution in [0, 0.1) is 6.92 Å². The lowest BCUT2D eigenvalue weighted by Crippen LogP contribution is -3.14. The van der Waals surface area contributed by atoms with Gasteiger partial charge < -0.3 is 10.2 Å². The third-order valence-electron chi connectivity index (χ3n) is 5.88. The molecule has 1 aliphatic rings. The van der Waals surface area contributed by atoms with Gasteiger partial charge >= 0.3 is 0 Å². The molecule has 1 fully saturated rings. The number of aromatic nitrogens is 1. The van der Waals surface area contributed by atoms with Crippen LogP contribution in [0.3, 0.4) is 0 Å². The Kier molecular flexibility index (Phi) is 5.97. The molecule has 0 bridgehead atoms. The second kappa shape index (κ2) is 8.64. The molecule has 29 heavy (non-hydrogen) atoms. The summed E-state index contributed by atoms with van der Waals surface area (Å²) in [7, 11) is 0. The molecule has 3 aromatic rings. The Morgan fingerprint density at radius 1 is 1.24 bits per heavy atom. The summed E-state index contributed by atoms with van der Waals surface area (Å²) in [6.45, 7) is 8.97. The molecule has 1 amide bonds. The SMILES string of the molecule is Cc1cccc(C(C)C)c1NC(=O)C[NH+]1CCC[C@H](c2nc3ccccc3s2)C1. The Morgan fingerprint density at radius 2 is 2.07 bits per heavy atom. The van der Waals surface area contributed by atoms with Crippen molar-refractivity contribution in [2.75, 3.05) is 25.0 Å². The highest BCUT2D eigenvalue weighted by molar-refractivity contribution is 7.18.